The lowest BCUT2D eigenvalue weighted by Crippen LogP contribution is -2.43. The minimum absolute atomic E-state index is 0.177. The molecule has 0 aliphatic heterocycles. The van der Waals surface area contributed by atoms with E-state index in [0.29, 0.717) is 0 Å². The molecule has 26 heavy (non-hydrogen) atoms. The van der Waals surface area contributed by atoms with Crippen molar-refractivity contribution < 1.29 is 0 Å². The van der Waals surface area contributed by atoms with Crippen LogP contribution in [-0.4, -0.2) is 11.3 Å². The van der Waals surface area contributed by atoms with Gasteiger partial charge < -0.3 is 4.48 Å². The maximum absolute atomic E-state index is 4.08. The molecule has 1 aromatic heterocycles. The summed E-state index contributed by atoms with van der Waals surface area (Å²) < 4.78 is 2.33. The lowest BCUT2D eigenvalue weighted by atomic mass is 9.45. The molecule has 0 spiro atoms. The molecule has 0 saturated heterocycles. The summed E-state index contributed by atoms with van der Waals surface area (Å²) in [6.45, 7) is 19.7. The van der Waals surface area contributed by atoms with Crippen LogP contribution in [0, 0.1) is 13.8 Å². The Kier molecular flexibility index (Phi) is 6.53. The zero-order chi connectivity index (χ0) is 19.4. The molecule has 0 amide bonds. The second-order valence-corrected chi connectivity index (χ2v) is 7.62. The van der Waals surface area contributed by atoms with E-state index in [-0.39, 0.29) is 6.85 Å². The van der Waals surface area contributed by atoms with Gasteiger partial charge in [-0.2, -0.15) is 0 Å². The van der Waals surface area contributed by atoms with Gasteiger partial charge in [0.05, 0.1) is 0 Å². The van der Waals surface area contributed by atoms with Crippen LogP contribution < -0.4 is 5.46 Å². The van der Waals surface area contributed by atoms with E-state index in [1.165, 1.54) is 38.8 Å². The van der Waals surface area contributed by atoms with E-state index in [1.807, 2.05) is 0 Å². The van der Waals surface area contributed by atoms with Crippen LogP contribution in [-0.2, 0) is 6.42 Å². The Morgan fingerprint density at radius 3 is 2.00 bits per heavy atom. The zero-order valence-electron chi connectivity index (χ0n) is 17.5. The van der Waals surface area contributed by atoms with Gasteiger partial charge in [-0.3, -0.25) is 0 Å². The van der Waals surface area contributed by atoms with Crippen LogP contribution in [0.2, 0.25) is 0 Å². The van der Waals surface area contributed by atoms with Crippen molar-refractivity contribution >= 4 is 12.3 Å². The predicted octanol–water partition coefficient (Wildman–Crippen LogP) is 5.81. The molecular weight excluding hydrogens is 313 g/mol. The fourth-order valence-corrected chi connectivity index (χ4v) is 3.99. The molecule has 2 heteroatoms. The molecule has 1 nitrogen and oxygen atoms in total. The fourth-order valence-electron chi connectivity index (χ4n) is 3.99. The van der Waals surface area contributed by atoms with Gasteiger partial charge in [0.25, 0.3) is 0 Å². The third kappa shape index (κ3) is 4.30. The standard InChI is InChI=1S/C24H32BN/c1-9-22-15-20(7)24(21(8)16-22)25(26-12-10-11-13-26)23(18(4)5)19(6)14-17(2)3/h10-16H,2,9H2,1,3-8H3/b19-14-. The maximum atomic E-state index is 4.08. The molecular formula is C24H32BN. The Balaban J connectivity index is 2.78. The lowest BCUT2D eigenvalue weighted by molar-refractivity contribution is 1.12. The van der Waals surface area contributed by atoms with Crippen molar-refractivity contribution in [2.75, 3.05) is 0 Å². The quantitative estimate of drug-likeness (QED) is 0.460. The van der Waals surface area contributed by atoms with Gasteiger partial charge >= 0.3 is 6.85 Å². The second kappa shape index (κ2) is 8.44. The summed E-state index contributed by atoms with van der Waals surface area (Å²) in [6.07, 6.45) is 7.62. The number of rotatable bonds is 6. The van der Waals surface area contributed by atoms with Crippen molar-refractivity contribution in [2.45, 2.75) is 54.9 Å². The van der Waals surface area contributed by atoms with Crippen LogP contribution in [0.3, 0.4) is 0 Å². The molecule has 0 bridgehead atoms. The summed E-state index contributed by atoms with van der Waals surface area (Å²) in [6, 6.07) is 8.91. The van der Waals surface area contributed by atoms with Gasteiger partial charge in [-0.25, -0.2) is 0 Å². The van der Waals surface area contributed by atoms with E-state index in [2.05, 4.69) is 102 Å². The first kappa shape index (κ1) is 20.1. The summed E-state index contributed by atoms with van der Waals surface area (Å²) in [5, 5.41) is 0. The van der Waals surface area contributed by atoms with Crippen molar-refractivity contribution in [3.8, 4) is 0 Å². The van der Waals surface area contributed by atoms with Crippen LogP contribution in [0.25, 0.3) is 0 Å². The normalized spacial score (nSPS) is 11.4. The molecule has 0 atom stereocenters. The smallest absolute Gasteiger partial charge is 0.327 e. The average Bonchev–Trinajstić information content (AvgIpc) is 3.05. The van der Waals surface area contributed by atoms with E-state index in [1.54, 1.807) is 0 Å². The Morgan fingerprint density at radius 2 is 1.58 bits per heavy atom. The SMILES string of the molecule is C=C(C)/C=C(/C)C(B(c1c(C)cc(CC)cc1C)n1cccc1)=C(C)C. The second-order valence-electron chi connectivity index (χ2n) is 7.62. The van der Waals surface area contributed by atoms with Crippen molar-refractivity contribution in [3.05, 3.63) is 88.2 Å². The van der Waals surface area contributed by atoms with Gasteiger partial charge in [-0.05, 0) is 89.0 Å². The minimum Gasteiger partial charge on any atom is -0.389 e. The molecule has 0 radical (unpaired) electrons. The monoisotopic (exact) mass is 345 g/mol. The molecule has 2 aromatic rings. The highest BCUT2D eigenvalue weighted by atomic mass is 14.9. The zero-order valence-corrected chi connectivity index (χ0v) is 17.5. The molecule has 2 rings (SSSR count). The highest BCUT2D eigenvalue weighted by molar-refractivity contribution is 6.80. The summed E-state index contributed by atoms with van der Waals surface area (Å²) in [5.41, 5.74) is 10.6. The molecule has 0 fully saturated rings. The number of aryl methyl sites for hydroxylation is 3. The van der Waals surface area contributed by atoms with Gasteiger partial charge in [0, 0.05) is 0 Å². The van der Waals surface area contributed by atoms with Crippen LogP contribution in [0.15, 0.2) is 71.5 Å². The van der Waals surface area contributed by atoms with Crippen LogP contribution in [0.5, 0.6) is 0 Å². The fraction of sp³-hybridized carbons (Fsp3) is 0.333. The van der Waals surface area contributed by atoms with Crippen molar-refractivity contribution in [3.63, 3.8) is 0 Å². The molecule has 136 valence electrons. The highest BCUT2D eigenvalue weighted by Crippen LogP contribution is 2.23. The highest BCUT2D eigenvalue weighted by Gasteiger charge is 2.29. The molecule has 0 saturated carbocycles. The number of nitrogens with zero attached hydrogens (tertiary/aromatic N) is 1. The molecule has 1 heterocycles. The Morgan fingerprint density at radius 1 is 1.04 bits per heavy atom. The molecule has 0 N–H and O–H groups in total. The third-order valence-corrected chi connectivity index (χ3v) is 4.96. The topological polar surface area (TPSA) is 4.93 Å². The van der Waals surface area contributed by atoms with E-state index in [9.17, 15) is 0 Å². The van der Waals surface area contributed by atoms with E-state index >= 15 is 0 Å². The summed E-state index contributed by atoms with van der Waals surface area (Å²) >= 11 is 0. The first-order chi connectivity index (χ1) is 12.3. The minimum atomic E-state index is 0.177. The number of hydrogen-bond donors (Lipinski definition) is 0. The predicted molar refractivity (Wildman–Crippen MR) is 117 cm³/mol. The van der Waals surface area contributed by atoms with E-state index in [4.69, 9.17) is 0 Å². The number of hydrogen-bond acceptors (Lipinski definition) is 0. The first-order valence-corrected chi connectivity index (χ1v) is 9.50. The maximum Gasteiger partial charge on any atom is 0.327 e. The molecule has 0 aliphatic rings. The van der Waals surface area contributed by atoms with Crippen LogP contribution in [0.1, 0.15) is 51.3 Å². The number of allylic oxidation sites excluding steroid dienone is 5. The summed E-state index contributed by atoms with van der Waals surface area (Å²) in [5.74, 6) is 0. The largest absolute Gasteiger partial charge is 0.389 e. The van der Waals surface area contributed by atoms with Crippen molar-refractivity contribution in [2.24, 2.45) is 0 Å². The van der Waals surface area contributed by atoms with E-state index in [0.717, 1.165) is 12.0 Å². The molecule has 0 unspecified atom stereocenters. The van der Waals surface area contributed by atoms with Gasteiger partial charge in [0.1, 0.15) is 0 Å². The van der Waals surface area contributed by atoms with Gasteiger partial charge in [-0.1, -0.05) is 59.6 Å². The van der Waals surface area contributed by atoms with E-state index < -0.39 is 0 Å². The molecule has 1 aromatic carbocycles. The number of aromatic nitrogens is 1. The van der Waals surface area contributed by atoms with Crippen LogP contribution >= 0.6 is 0 Å². The average molecular weight is 345 g/mol. The van der Waals surface area contributed by atoms with Gasteiger partial charge in [0.15, 0.2) is 0 Å². The Labute approximate surface area is 160 Å². The summed E-state index contributed by atoms with van der Waals surface area (Å²) in [7, 11) is 0. The van der Waals surface area contributed by atoms with Crippen molar-refractivity contribution in [1.29, 1.82) is 0 Å². The third-order valence-electron chi connectivity index (χ3n) is 4.96. The summed E-state index contributed by atoms with van der Waals surface area (Å²) in [4.78, 5) is 0. The Bertz CT molecular complexity index is 823. The lowest BCUT2D eigenvalue weighted by Gasteiger charge is -2.26. The van der Waals surface area contributed by atoms with Gasteiger partial charge in [-0.15, -0.1) is 0 Å². The van der Waals surface area contributed by atoms with Crippen molar-refractivity contribution in [1.82, 2.24) is 4.48 Å². The Hall–Kier alpha value is -2.22. The molecule has 0 aliphatic carbocycles. The van der Waals surface area contributed by atoms with Crippen LogP contribution in [0.4, 0.5) is 0 Å². The number of benzene rings is 1. The van der Waals surface area contributed by atoms with Gasteiger partial charge in [0.2, 0.25) is 0 Å². The first-order valence-electron chi connectivity index (χ1n) is 9.50.